The molecule has 0 bridgehead atoms. The second-order valence-electron chi connectivity index (χ2n) is 3.11. The lowest BCUT2D eigenvalue weighted by atomic mass is 10.2. The van der Waals surface area contributed by atoms with Crippen molar-refractivity contribution in [3.05, 3.63) is 29.8 Å². The van der Waals surface area contributed by atoms with E-state index in [-0.39, 0.29) is 12.5 Å². The molecule has 1 N–H and O–H groups in total. The van der Waals surface area contributed by atoms with E-state index in [1.165, 1.54) is 7.11 Å². The van der Waals surface area contributed by atoms with Crippen LogP contribution in [0.1, 0.15) is 10.4 Å². The molecule has 0 heterocycles. The summed E-state index contributed by atoms with van der Waals surface area (Å²) in [5.41, 5.74) is 0.326. The average Bonchev–Trinajstić information content (AvgIpc) is 2.35. The van der Waals surface area contributed by atoms with Crippen molar-refractivity contribution in [3.8, 4) is 5.75 Å². The van der Waals surface area contributed by atoms with Crippen molar-refractivity contribution in [3.63, 3.8) is 0 Å². The molecular formula is C11H13ClO4. The van der Waals surface area contributed by atoms with Gasteiger partial charge in [-0.05, 0) is 12.1 Å². The van der Waals surface area contributed by atoms with E-state index < -0.39 is 12.1 Å². The van der Waals surface area contributed by atoms with Gasteiger partial charge in [0.05, 0.1) is 13.0 Å². The van der Waals surface area contributed by atoms with Crippen LogP contribution < -0.4 is 4.74 Å². The highest BCUT2D eigenvalue weighted by molar-refractivity contribution is 6.18. The number of para-hydroxylation sites is 1. The highest BCUT2D eigenvalue weighted by Crippen LogP contribution is 2.18. The molecule has 0 aliphatic carbocycles. The Hall–Kier alpha value is -1.26. The van der Waals surface area contributed by atoms with Crippen LogP contribution in [0.3, 0.4) is 0 Å². The number of esters is 1. The first-order valence-corrected chi connectivity index (χ1v) is 5.26. The van der Waals surface area contributed by atoms with Gasteiger partial charge in [0.1, 0.15) is 24.0 Å². The number of benzene rings is 1. The molecule has 4 nitrogen and oxygen atoms in total. The first-order valence-electron chi connectivity index (χ1n) is 4.73. The number of hydrogen-bond donors (Lipinski definition) is 1. The van der Waals surface area contributed by atoms with Crippen molar-refractivity contribution in [1.82, 2.24) is 0 Å². The van der Waals surface area contributed by atoms with Crippen molar-refractivity contribution in [2.75, 3.05) is 19.6 Å². The lowest BCUT2D eigenvalue weighted by Crippen LogP contribution is -2.19. The summed E-state index contributed by atoms with van der Waals surface area (Å²) in [4.78, 5) is 11.4. The predicted octanol–water partition coefficient (Wildman–Crippen LogP) is 1.45. The Morgan fingerprint density at radius 2 is 2.19 bits per heavy atom. The molecule has 1 atom stereocenters. The van der Waals surface area contributed by atoms with Gasteiger partial charge in [0, 0.05) is 0 Å². The predicted molar refractivity (Wildman–Crippen MR) is 60.0 cm³/mol. The molecule has 0 aromatic heterocycles. The van der Waals surface area contributed by atoms with Crippen LogP contribution in [0, 0.1) is 0 Å². The average molecular weight is 245 g/mol. The van der Waals surface area contributed by atoms with Crippen LogP contribution in [0.4, 0.5) is 0 Å². The standard InChI is InChI=1S/C11H13ClO4/c1-15-11(14)9-4-2-3-5-10(9)16-7-8(13)6-12/h2-5,8,13H,6-7H2,1H3. The smallest absolute Gasteiger partial charge is 0.341 e. The molecule has 16 heavy (non-hydrogen) atoms. The second kappa shape index (κ2) is 6.35. The van der Waals surface area contributed by atoms with Crippen molar-refractivity contribution in [2.24, 2.45) is 0 Å². The zero-order valence-corrected chi connectivity index (χ0v) is 9.61. The van der Waals surface area contributed by atoms with Crippen LogP contribution in [0.2, 0.25) is 0 Å². The fourth-order valence-corrected chi connectivity index (χ4v) is 1.19. The minimum absolute atomic E-state index is 0.0392. The number of rotatable bonds is 5. The van der Waals surface area contributed by atoms with Crippen LogP contribution in [-0.4, -0.2) is 36.8 Å². The molecule has 0 fully saturated rings. The summed E-state index contributed by atoms with van der Waals surface area (Å²) < 4.78 is 9.88. The first-order chi connectivity index (χ1) is 7.69. The Morgan fingerprint density at radius 3 is 2.81 bits per heavy atom. The summed E-state index contributed by atoms with van der Waals surface area (Å²) in [7, 11) is 1.30. The molecule has 0 saturated carbocycles. The normalized spacial score (nSPS) is 11.9. The zero-order chi connectivity index (χ0) is 12.0. The summed E-state index contributed by atoms with van der Waals surface area (Å²) >= 11 is 5.43. The maximum Gasteiger partial charge on any atom is 0.341 e. The largest absolute Gasteiger partial charge is 0.490 e. The lowest BCUT2D eigenvalue weighted by molar-refractivity contribution is 0.0591. The van der Waals surface area contributed by atoms with E-state index in [0.717, 1.165) is 0 Å². The molecule has 0 saturated heterocycles. The SMILES string of the molecule is COC(=O)c1ccccc1OCC(O)CCl. The molecule has 1 aromatic rings. The fraction of sp³-hybridized carbons (Fsp3) is 0.364. The van der Waals surface area contributed by atoms with Crippen LogP contribution >= 0.6 is 11.6 Å². The second-order valence-corrected chi connectivity index (χ2v) is 3.42. The summed E-state index contributed by atoms with van der Waals surface area (Å²) in [6.07, 6.45) is -0.757. The summed E-state index contributed by atoms with van der Waals surface area (Å²) in [6, 6.07) is 6.66. The highest BCUT2D eigenvalue weighted by Gasteiger charge is 2.13. The van der Waals surface area contributed by atoms with Crippen LogP contribution in [-0.2, 0) is 4.74 Å². The summed E-state index contributed by atoms with van der Waals surface area (Å²) in [5.74, 6) is -0.0186. The van der Waals surface area contributed by atoms with Crippen molar-refractivity contribution in [2.45, 2.75) is 6.10 Å². The molecule has 1 rings (SSSR count). The number of carbonyl (C=O) groups excluding carboxylic acids is 1. The van der Waals surface area contributed by atoms with E-state index in [2.05, 4.69) is 4.74 Å². The molecule has 0 amide bonds. The Morgan fingerprint density at radius 1 is 1.50 bits per heavy atom. The molecule has 1 unspecified atom stereocenters. The van der Waals surface area contributed by atoms with Gasteiger partial charge in [0.15, 0.2) is 0 Å². The Labute approximate surface area is 98.7 Å². The number of alkyl halides is 1. The number of hydrogen-bond acceptors (Lipinski definition) is 4. The Bertz CT molecular complexity index is 354. The molecule has 5 heteroatoms. The molecule has 0 spiro atoms. The maximum atomic E-state index is 11.4. The minimum atomic E-state index is -0.757. The number of aliphatic hydroxyl groups is 1. The van der Waals surface area contributed by atoms with Crippen LogP contribution in [0.25, 0.3) is 0 Å². The molecule has 0 aliphatic heterocycles. The van der Waals surface area contributed by atoms with Gasteiger partial charge in [0.2, 0.25) is 0 Å². The van der Waals surface area contributed by atoms with Gasteiger partial charge in [-0.25, -0.2) is 4.79 Å². The lowest BCUT2D eigenvalue weighted by Gasteiger charge is -2.12. The van der Waals surface area contributed by atoms with E-state index in [1.807, 2.05) is 0 Å². The number of carbonyl (C=O) groups is 1. The minimum Gasteiger partial charge on any atom is -0.490 e. The van der Waals surface area contributed by atoms with Gasteiger partial charge >= 0.3 is 5.97 Å². The van der Waals surface area contributed by atoms with Gasteiger partial charge in [-0.2, -0.15) is 0 Å². The number of aliphatic hydroxyl groups excluding tert-OH is 1. The van der Waals surface area contributed by atoms with Crippen molar-refractivity contribution >= 4 is 17.6 Å². The molecule has 0 aliphatic rings. The van der Waals surface area contributed by atoms with Crippen molar-refractivity contribution in [1.29, 1.82) is 0 Å². The van der Waals surface area contributed by atoms with Gasteiger partial charge in [-0.1, -0.05) is 12.1 Å². The molecule has 0 radical (unpaired) electrons. The number of halogens is 1. The molecule has 88 valence electrons. The van der Waals surface area contributed by atoms with Gasteiger partial charge in [-0.3, -0.25) is 0 Å². The highest BCUT2D eigenvalue weighted by atomic mass is 35.5. The Balaban J connectivity index is 2.75. The van der Waals surface area contributed by atoms with Crippen molar-refractivity contribution < 1.29 is 19.4 Å². The van der Waals surface area contributed by atoms with Crippen LogP contribution in [0.15, 0.2) is 24.3 Å². The maximum absolute atomic E-state index is 11.4. The monoisotopic (exact) mass is 244 g/mol. The molecular weight excluding hydrogens is 232 g/mol. The van der Waals surface area contributed by atoms with Gasteiger partial charge < -0.3 is 14.6 Å². The van der Waals surface area contributed by atoms with E-state index in [0.29, 0.717) is 11.3 Å². The van der Waals surface area contributed by atoms with E-state index >= 15 is 0 Å². The van der Waals surface area contributed by atoms with Crippen LogP contribution in [0.5, 0.6) is 5.75 Å². The van der Waals surface area contributed by atoms with Gasteiger partial charge in [-0.15, -0.1) is 11.6 Å². The first kappa shape index (κ1) is 12.8. The molecule has 1 aromatic carbocycles. The fourth-order valence-electron chi connectivity index (χ4n) is 1.10. The number of ether oxygens (including phenoxy) is 2. The van der Waals surface area contributed by atoms with E-state index in [9.17, 15) is 9.90 Å². The van der Waals surface area contributed by atoms with E-state index in [4.69, 9.17) is 16.3 Å². The van der Waals surface area contributed by atoms with E-state index in [1.54, 1.807) is 24.3 Å². The third-order valence-corrected chi connectivity index (χ3v) is 2.26. The third-order valence-electron chi connectivity index (χ3n) is 1.90. The quantitative estimate of drug-likeness (QED) is 0.629. The number of methoxy groups -OCH3 is 1. The topological polar surface area (TPSA) is 55.8 Å². The Kier molecular flexibility index (Phi) is 5.08. The summed E-state index contributed by atoms with van der Waals surface area (Å²) in [6.45, 7) is 0.0392. The van der Waals surface area contributed by atoms with Gasteiger partial charge in [0.25, 0.3) is 0 Å². The third kappa shape index (κ3) is 3.40. The summed E-state index contributed by atoms with van der Waals surface area (Å²) in [5, 5.41) is 9.23. The zero-order valence-electron chi connectivity index (χ0n) is 8.85.